The molecule has 1 amide bonds. The summed E-state index contributed by atoms with van der Waals surface area (Å²) in [6.45, 7) is 3.67. The summed E-state index contributed by atoms with van der Waals surface area (Å²) in [5, 5.41) is 17.6. The summed E-state index contributed by atoms with van der Waals surface area (Å²) in [6.07, 6.45) is 0.689. The van der Waals surface area contributed by atoms with E-state index in [1.54, 1.807) is 25.1 Å². The lowest BCUT2D eigenvalue weighted by molar-refractivity contribution is 0.102. The Balaban J connectivity index is 1.83. The Bertz CT molecular complexity index is 920. The third-order valence-electron chi connectivity index (χ3n) is 3.63. The number of rotatable bonds is 4. The number of nitrogens with one attached hydrogen (secondary N) is 2. The Morgan fingerprint density at radius 2 is 2.04 bits per heavy atom. The van der Waals surface area contributed by atoms with Gasteiger partial charge < -0.3 is 5.32 Å². The number of H-pyrrole nitrogens is 1. The van der Waals surface area contributed by atoms with Gasteiger partial charge in [-0.25, -0.2) is 4.39 Å². The van der Waals surface area contributed by atoms with Crippen LogP contribution in [0.4, 0.5) is 10.2 Å². The van der Waals surface area contributed by atoms with Crippen molar-refractivity contribution in [2.45, 2.75) is 20.3 Å². The molecule has 25 heavy (non-hydrogen) atoms. The van der Waals surface area contributed by atoms with Crippen molar-refractivity contribution in [1.82, 2.24) is 20.4 Å². The molecule has 2 N–H and O–H groups in total. The van der Waals surface area contributed by atoms with Crippen molar-refractivity contribution < 1.29 is 9.18 Å². The largest absolute Gasteiger partial charge is 0.305 e. The van der Waals surface area contributed by atoms with Crippen molar-refractivity contribution >= 4 is 27.7 Å². The number of benzene rings is 1. The molecule has 0 radical (unpaired) electrons. The van der Waals surface area contributed by atoms with E-state index < -0.39 is 0 Å². The van der Waals surface area contributed by atoms with Gasteiger partial charge in [0.1, 0.15) is 5.82 Å². The number of amides is 1. The van der Waals surface area contributed by atoms with Crippen LogP contribution in [0.15, 0.2) is 34.8 Å². The summed E-state index contributed by atoms with van der Waals surface area (Å²) in [5.41, 5.74) is 2.94. The fraction of sp³-hybridized carbons (Fsp3) is 0.176. The topological polar surface area (TPSA) is 83.6 Å². The molecule has 128 valence electrons. The van der Waals surface area contributed by atoms with Crippen LogP contribution in [0.1, 0.15) is 28.7 Å². The van der Waals surface area contributed by atoms with E-state index in [0.717, 1.165) is 5.69 Å². The zero-order valence-corrected chi connectivity index (χ0v) is 15.2. The Labute approximate surface area is 152 Å². The van der Waals surface area contributed by atoms with Crippen LogP contribution in [0, 0.1) is 12.7 Å². The van der Waals surface area contributed by atoms with Crippen LogP contribution >= 0.6 is 15.9 Å². The SMILES string of the molecule is CCc1cc(C(=O)Nc2cc(-c3cc(F)cc(Br)c3)[nH]n2)c(C)nn1. The molecule has 1 aromatic carbocycles. The molecule has 2 heterocycles. The number of carbonyl (C=O) groups excluding carboxylic acids is 1. The highest BCUT2D eigenvalue weighted by atomic mass is 79.9. The molecule has 0 saturated heterocycles. The lowest BCUT2D eigenvalue weighted by atomic mass is 10.1. The number of nitrogens with zero attached hydrogens (tertiary/aromatic N) is 3. The molecule has 8 heteroatoms. The maximum Gasteiger partial charge on any atom is 0.258 e. The van der Waals surface area contributed by atoms with E-state index >= 15 is 0 Å². The van der Waals surface area contributed by atoms with Crippen molar-refractivity contribution in [2.24, 2.45) is 0 Å². The average molecular weight is 404 g/mol. The van der Waals surface area contributed by atoms with Crippen molar-refractivity contribution in [1.29, 1.82) is 0 Å². The number of anilines is 1. The Morgan fingerprint density at radius 1 is 1.24 bits per heavy atom. The molecule has 3 rings (SSSR count). The van der Waals surface area contributed by atoms with Crippen molar-refractivity contribution in [3.8, 4) is 11.3 Å². The third kappa shape index (κ3) is 3.90. The summed E-state index contributed by atoms with van der Waals surface area (Å²) in [4.78, 5) is 12.5. The van der Waals surface area contributed by atoms with Gasteiger partial charge >= 0.3 is 0 Å². The molecule has 6 nitrogen and oxygen atoms in total. The highest BCUT2D eigenvalue weighted by Crippen LogP contribution is 2.25. The highest BCUT2D eigenvalue weighted by molar-refractivity contribution is 9.10. The second-order valence-electron chi connectivity index (χ2n) is 5.47. The molecule has 0 aliphatic rings. The van der Waals surface area contributed by atoms with Gasteiger partial charge in [0.05, 0.1) is 22.6 Å². The van der Waals surface area contributed by atoms with Crippen LogP contribution in [0.5, 0.6) is 0 Å². The van der Waals surface area contributed by atoms with Gasteiger partial charge in [0.2, 0.25) is 0 Å². The summed E-state index contributed by atoms with van der Waals surface area (Å²) >= 11 is 3.25. The Hall–Kier alpha value is -2.61. The summed E-state index contributed by atoms with van der Waals surface area (Å²) in [5.74, 6) is -0.342. The van der Waals surface area contributed by atoms with Crippen LogP contribution in [-0.4, -0.2) is 26.3 Å². The zero-order chi connectivity index (χ0) is 18.0. The molecule has 0 aliphatic heterocycles. The normalized spacial score (nSPS) is 10.7. The van der Waals surface area contributed by atoms with Crippen LogP contribution < -0.4 is 5.32 Å². The van der Waals surface area contributed by atoms with E-state index in [2.05, 4.69) is 41.6 Å². The summed E-state index contributed by atoms with van der Waals surface area (Å²) in [6, 6.07) is 7.87. The summed E-state index contributed by atoms with van der Waals surface area (Å²) < 4.78 is 14.1. The first-order valence-corrected chi connectivity index (χ1v) is 8.42. The first kappa shape index (κ1) is 17.2. The molecular formula is C17H15BrFN5O. The van der Waals surface area contributed by atoms with Crippen LogP contribution in [0.2, 0.25) is 0 Å². The van der Waals surface area contributed by atoms with Crippen LogP contribution in [-0.2, 0) is 6.42 Å². The second kappa shape index (κ2) is 7.10. The number of aromatic amines is 1. The van der Waals surface area contributed by atoms with E-state index in [1.165, 1.54) is 12.1 Å². The Kier molecular flexibility index (Phi) is 4.89. The van der Waals surface area contributed by atoms with E-state index in [9.17, 15) is 9.18 Å². The Morgan fingerprint density at radius 3 is 2.76 bits per heavy atom. The molecule has 0 saturated carbocycles. The number of hydrogen-bond donors (Lipinski definition) is 2. The predicted octanol–water partition coefficient (Wildman–Crippen LogP) is 3.89. The molecule has 0 bridgehead atoms. The molecule has 0 aliphatic carbocycles. The standard InChI is InChI=1S/C17H15BrFN5O/c1-3-13-7-14(9(2)21-22-13)17(25)20-16-8-15(23-24-16)10-4-11(18)6-12(19)5-10/h4-8H,3H2,1-2H3,(H2,20,23,24,25). The molecule has 0 unspecified atom stereocenters. The second-order valence-corrected chi connectivity index (χ2v) is 6.38. The highest BCUT2D eigenvalue weighted by Gasteiger charge is 2.14. The minimum Gasteiger partial charge on any atom is -0.305 e. The number of aryl methyl sites for hydroxylation is 2. The zero-order valence-electron chi connectivity index (χ0n) is 13.6. The third-order valence-corrected chi connectivity index (χ3v) is 4.09. The van der Waals surface area contributed by atoms with Gasteiger partial charge in [0.15, 0.2) is 5.82 Å². The first-order valence-electron chi connectivity index (χ1n) is 7.62. The molecule has 2 aromatic heterocycles. The summed E-state index contributed by atoms with van der Waals surface area (Å²) in [7, 11) is 0. The molecule has 3 aromatic rings. The van der Waals surface area contributed by atoms with Crippen molar-refractivity contribution in [3.63, 3.8) is 0 Å². The molecule has 0 spiro atoms. The first-order chi connectivity index (χ1) is 12.0. The minimum atomic E-state index is -0.366. The monoisotopic (exact) mass is 403 g/mol. The number of aromatic nitrogens is 4. The van der Waals surface area contributed by atoms with Gasteiger partial charge in [-0.05, 0) is 37.6 Å². The van der Waals surface area contributed by atoms with E-state index in [1.807, 2.05) is 6.92 Å². The fourth-order valence-electron chi connectivity index (χ4n) is 2.32. The van der Waals surface area contributed by atoms with Gasteiger partial charge in [-0.2, -0.15) is 15.3 Å². The molecular weight excluding hydrogens is 389 g/mol. The van der Waals surface area contributed by atoms with Crippen molar-refractivity contribution in [2.75, 3.05) is 5.32 Å². The number of carbonyl (C=O) groups is 1. The van der Waals surface area contributed by atoms with Gasteiger partial charge in [0, 0.05) is 16.1 Å². The van der Waals surface area contributed by atoms with Gasteiger partial charge in [0.25, 0.3) is 5.91 Å². The predicted molar refractivity (Wildman–Crippen MR) is 95.8 cm³/mol. The average Bonchev–Trinajstić information content (AvgIpc) is 3.03. The maximum absolute atomic E-state index is 13.5. The fourth-order valence-corrected chi connectivity index (χ4v) is 2.79. The smallest absolute Gasteiger partial charge is 0.258 e. The van der Waals surface area contributed by atoms with Gasteiger partial charge in [-0.15, -0.1) is 0 Å². The quantitative estimate of drug-likeness (QED) is 0.691. The van der Waals surface area contributed by atoms with Gasteiger partial charge in [-0.1, -0.05) is 22.9 Å². The van der Waals surface area contributed by atoms with Crippen molar-refractivity contribution in [3.05, 3.63) is 57.6 Å². The molecule has 0 fully saturated rings. The number of halogens is 2. The maximum atomic E-state index is 13.5. The van der Waals surface area contributed by atoms with E-state index in [-0.39, 0.29) is 11.7 Å². The van der Waals surface area contributed by atoms with E-state index in [0.29, 0.717) is 39.2 Å². The number of hydrogen-bond acceptors (Lipinski definition) is 4. The molecule has 0 atom stereocenters. The van der Waals surface area contributed by atoms with E-state index in [4.69, 9.17) is 0 Å². The lowest BCUT2D eigenvalue weighted by Gasteiger charge is -2.05. The van der Waals surface area contributed by atoms with Crippen LogP contribution in [0.25, 0.3) is 11.3 Å². The lowest BCUT2D eigenvalue weighted by Crippen LogP contribution is -2.15. The van der Waals surface area contributed by atoms with Crippen LogP contribution in [0.3, 0.4) is 0 Å². The minimum absolute atomic E-state index is 0.319. The van der Waals surface area contributed by atoms with Gasteiger partial charge in [-0.3, -0.25) is 9.89 Å².